The van der Waals surface area contributed by atoms with E-state index in [1.54, 1.807) is 0 Å². The summed E-state index contributed by atoms with van der Waals surface area (Å²) in [5.74, 6) is 0.159. The standard InChI is InChI=1S/C13H16BrClN2O/c1-9-8-17(6-5-16-9)12(18)7-10-3-2-4-11(15)13(10)14/h2-4,9,16H,5-8H2,1H3/t9-/m1/s1. The van der Waals surface area contributed by atoms with E-state index < -0.39 is 0 Å². The summed E-state index contributed by atoms with van der Waals surface area (Å²) >= 11 is 9.45. The summed E-state index contributed by atoms with van der Waals surface area (Å²) in [5, 5.41) is 3.97. The van der Waals surface area contributed by atoms with E-state index in [0.29, 0.717) is 17.5 Å². The van der Waals surface area contributed by atoms with E-state index >= 15 is 0 Å². The van der Waals surface area contributed by atoms with Crippen LogP contribution in [0.4, 0.5) is 0 Å². The third kappa shape index (κ3) is 3.25. The molecule has 1 aromatic carbocycles. The minimum absolute atomic E-state index is 0.159. The summed E-state index contributed by atoms with van der Waals surface area (Å²) < 4.78 is 0.822. The lowest BCUT2D eigenvalue weighted by Crippen LogP contribution is -2.51. The van der Waals surface area contributed by atoms with Crippen molar-refractivity contribution in [2.45, 2.75) is 19.4 Å². The Labute approximate surface area is 121 Å². The molecule has 18 heavy (non-hydrogen) atoms. The summed E-state index contributed by atoms with van der Waals surface area (Å²) in [5.41, 5.74) is 0.943. The fourth-order valence-electron chi connectivity index (χ4n) is 2.12. The van der Waals surface area contributed by atoms with E-state index in [1.807, 2.05) is 23.1 Å². The van der Waals surface area contributed by atoms with Gasteiger partial charge in [0.2, 0.25) is 5.91 Å². The van der Waals surface area contributed by atoms with Crippen molar-refractivity contribution in [3.8, 4) is 0 Å². The average molecular weight is 332 g/mol. The molecule has 0 radical (unpaired) electrons. The second-order valence-corrected chi connectivity index (χ2v) is 5.78. The van der Waals surface area contributed by atoms with E-state index in [-0.39, 0.29) is 5.91 Å². The fraction of sp³-hybridized carbons (Fsp3) is 0.462. The van der Waals surface area contributed by atoms with Crippen LogP contribution in [0.3, 0.4) is 0 Å². The molecule has 0 bridgehead atoms. The molecular weight excluding hydrogens is 316 g/mol. The minimum Gasteiger partial charge on any atom is -0.340 e. The van der Waals surface area contributed by atoms with E-state index in [0.717, 1.165) is 29.7 Å². The van der Waals surface area contributed by atoms with Crippen LogP contribution in [0.25, 0.3) is 0 Å². The first-order valence-electron chi connectivity index (χ1n) is 6.02. The number of piperazine rings is 1. The van der Waals surface area contributed by atoms with Crippen LogP contribution in [0.5, 0.6) is 0 Å². The number of amides is 1. The third-order valence-electron chi connectivity index (χ3n) is 3.09. The largest absolute Gasteiger partial charge is 0.340 e. The van der Waals surface area contributed by atoms with Gasteiger partial charge in [0, 0.05) is 30.1 Å². The first-order valence-corrected chi connectivity index (χ1v) is 7.19. The molecule has 3 nitrogen and oxygen atoms in total. The Morgan fingerprint density at radius 2 is 2.39 bits per heavy atom. The number of benzene rings is 1. The highest BCUT2D eigenvalue weighted by molar-refractivity contribution is 9.10. The van der Waals surface area contributed by atoms with Crippen LogP contribution in [0.2, 0.25) is 5.02 Å². The molecule has 1 saturated heterocycles. The Hall–Kier alpha value is -0.580. The smallest absolute Gasteiger partial charge is 0.227 e. The van der Waals surface area contributed by atoms with E-state index in [9.17, 15) is 4.79 Å². The number of carbonyl (C=O) groups excluding carboxylic acids is 1. The Kier molecular flexibility index (Phi) is 4.65. The van der Waals surface area contributed by atoms with E-state index in [2.05, 4.69) is 28.2 Å². The van der Waals surface area contributed by atoms with E-state index in [1.165, 1.54) is 0 Å². The van der Waals surface area contributed by atoms with Gasteiger partial charge in [-0.05, 0) is 34.5 Å². The van der Waals surface area contributed by atoms with Crippen molar-refractivity contribution in [3.05, 3.63) is 33.3 Å². The molecule has 1 amide bonds. The van der Waals surface area contributed by atoms with Gasteiger partial charge in [-0.1, -0.05) is 23.7 Å². The fourth-order valence-corrected chi connectivity index (χ4v) is 2.72. The molecule has 1 N–H and O–H groups in total. The third-order valence-corrected chi connectivity index (χ3v) is 4.57. The van der Waals surface area contributed by atoms with Gasteiger partial charge in [-0.2, -0.15) is 0 Å². The van der Waals surface area contributed by atoms with Gasteiger partial charge >= 0.3 is 0 Å². The zero-order valence-corrected chi connectivity index (χ0v) is 12.6. The number of rotatable bonds is 2. The summed E-state index contributed by atoms with van der Waals surface area (Å²) in [4.78, 5) is 14.1. The maximum Gasteiger partial charge on any atom is 0.227 e. The lowest BCUT2D eigenvalue weighted by atomic mass is 10.1. The van der Waals surface area contributed by atoms with Crippen molar-refractivity contribution in [1.82, 2.24) is 10.2 Å². The quantitative estimate of drug-likeness (QED) is 0.903. The van der Waals surface area contributed by atoms with Gasteiger partial charge < -0.3 is 10.2 Å². The van der Waals surface area contributed by atoms with E-state index in [4.69, 9.17) is 11.6 Å². The molecule has 0 aliphatic carbocycles. The first kappa shape index (κ1) is 13.8. The molecule has 0 saturated carbocycles. The Balaban J connectivity index is 2.04. The Morgan fingerprint density at radius 1 is 1.61 bits per heavy atom. The van der Waals surface area contributed by atoms with Gasteiger partial charge in [-0.3, -0.25) is 4.79 Å². The van der Waals surface area contributed by atoms with Crippen LogP contribution in [0.15, 0.2) is 22.7 Å². The number of hydrogen-bond donors (Lipinski definition) is 1. The predicted octanol–water partition coefficient (Wildman–Crippen LogP) is 2.47. The van der Waals surface area contributed by atoms with Crippen molar-refractivity contribution in [3.63, 3.8) is 0 Å². The highest BCUT2D eigenvalue weighted by Gasteiger charge is 2.21. The molecule has 5 heteroatoms. The normalized spacial score (nSPS) is 19.9. The Bertz CT molecular complexity index is 453. The van der Waals surface area contributed by atoms with Crippen LogP contribution in [0.1, 0.15) is 12.5 Å². The summed E-state index contributed by atoms with van der Waals surface area (Å²) in [7, 11) is 0. The number of carbonyl (C=O) groups is 1. The lowest BCUT2D eigenvalue weighted by molar-refractivity contribution is -0.131. The van der Waals surface area contributed by atoms with Gasteiger partial charge in [0.15, 0.2) is 0 Å². The number of hydrogen-bond acceptors (Lipinski definition) is 2. The first-order chi connectivity index (χ1) is 8.58. The van der Waals surface area contributed by atoms with Crippen LogP contribution in [0, 0.1) is 0 Å². The molecular formula is C13H16BrClN2O. The molecule has 1 fully saturated rings. The van der Waals surface area contributed by atoms with Crippen molar-refractivity contribution >= 4 is 33.4 Å². The monoisotopic (exact) mass is 330 g/mol. The zero-order valence-electron chi connectivity index (χ0n) is 10.2. The molecule has 98 valence electrons. The highest BCUT2D eigenvalue weighted by Crippen LogP contribution is 2.26. The van der Waals surface area contributed by atoms with Crippen molar-refractivity contribution < 1.29 is 4.79 Å². The van der Waals surface area contributed by atoms with Crippen molar-refractivity contribution in [2.24, 2.45) is 0 Å². The molecule has 1 aliphatic heterocycles. The lowest BCUT2D eigenvalue weighted by Gasteiger charge is -2.32. The summed E-state index contributed by atoms with van der Waals surface area (Å²) in [6, 6.07) is 5.98. The second kappa shape index (κ2) is 6.04. The average Bonchev–Trinajstić information content (AvgIpc) is 2.35. The SMILES string of the molecule is C[C@@H]1CN(C(=O)Cc2cccc(Cl)c2Br)CCN1. The van der Waals surface area contributed by atoms with Crippen LogP contribution in [-0.2, 0) is 11.2 Å². The minimum atomic E-state index is 0.159. The van der Waals surface area contributed by atoms with Gasteiger partial charge in [-0.15, -0.1) is 0 Å². The second-order valence-electron chi connectivity index (χ2n) is 4.58. The van der Waals surface area contributed by atoms with Crippen molar-refractivity contribution in [1.29, 1.82) is 0 Å². The van der Waals surface area contributed by atoms with Crippen molar-refractivity contribution in [2.75, 3.05) is 19.6 Å². The van der Waals surface area contributed by atoms with Crippen LogP contribution in [-0.4, -0.2) is 36.5 Å². The molecule has 1 aromatic rings. The van der Waals surface area contributed by atoms with Crippen LogP contribution >= 0.6 is 27.5 Å². The van der Waals surface area contributed by atoms with Gasteiger partial charge in [0.25, 0.3) is 0 Å². The van der Waals surface area contributed by atoms with Gasteiger partial charge in [-0.25, -0.2) is 0 Å². The molecule has 1 atom stereocenters. The number of halogens is 2. The maximum atomic E-state index is 12.2. The Morgan fingerprint density at radius 3 is 3.11 bits per heavy atom. The molecule has 0 spiro atoms. The van der Waals surface area contributed by atoms with Gasteiger partial charge in [0.05, 0.1) is 11.4 Å². The molecule has 1 heterocycles. The summed E-state index contributed by atoms with van der Waals surface area (Å²) in [6.45, 7) is 4.51. The molecule has 1 aliphatic rings. The summed E-state index contributed by atoms with van der Waals surface area (Å²) in [6.07, 6.45) is 0.397. The van der Waals surface area contributed by atoms with Crippen LogP contribution < -0.4 is 5.32 Å². The van der Waals surface area contributed by atoms with Gasteiger partial charge in [0.1, 0.15) is 0 Å². The topological polar surface area (TPSA) is 32.3 Å². The zero-order chi connectivity index (χ0) is 13.1. The molecule has 0 unspecified atom stereocenters. The molecule has 0 aromatic heterocycles. The number of nitrogens with zero attached hydrogens (tertiary/aromatic N) is 1. The molecule has 2 rings (SSSR count). The highest BCUT2D eigenvalue weighted by atomic mass is 79.9. The predicted molar refractivity (Wildman–Crippen MR) is 76.9 cm³/mol. The maximum absolute atomic E-state index is 12.2. The number of nitrogens with one attached hydrogen (secondary N) is 1.